The van der Waals surface area contributed by atoms with Crippen LogP contribution < -0.4 is 5.32 Å². The molecule has 0 saturated carbocycles. The first-order valence-electron chi connectivity index (χ1n) is 6.87. The number of halogens is 1. The van der Waals surface area contributed by atoms with Crippen LogP contribution in [0, 0.1) is 0 Å². The van der Waals surface area contributed by atoms with Crippen molar-refractivity contribution in [2.45, 2.75) is 19.4 Å². The molecule has 1 atom stereocenters. The molecule has 7 heteroatoms. The summed E-state index contributed by atoms with van der Waals surface area (Å²) in [6, 6.07) is 10.3. The molecule has 2 aromatic heterocycles. The van der Waals surface area contributed by atoms with Gasteiger partial charge in [0, 0.05) is 18.0 Å². The first-order valence-corrected chi connectivity index (χ1v) is 6.87. The number of benzene rings is 1. The van der Waals surface area contributed by atoms with E-state index in [1.54, 1.807) is 6.20 Å². The van der Waals surface area contributed by atoms with Crippen LogP contribution in [0.4, 0.5) is 0 Å². The quantitative estimate of drug-likeness (QED) is 0.756. The highest BCUT2D eigenvalue weighted by Crippen LogP contribution is 2.28. The van der Waals surface area contributed by atoms with Crippen molar-refractivity contribution < 1.29 is 4.52 Å². The Labute approximate surface area is 134 Å². The number of hydrogen-bond acceptors (Lipinski definition) is 5. The van der Waals surface area contributed by atoms with Gasteiger partial charge < -0.3 is 9.84 Å². The van der Waals surface area contributed by atoms with Gasteiger partial charge in [0.05, 0.1) is 17.5 Å². The normalized spacial score (nSPS) is 11.9. The van der Waals surface area contributed by atoms with Crippen molar-refractivity contribution in [2.75, 3.05) is 7.05 Å². The molecule has 3 rings (SSSR count). The zero-order valence-corrected chi connectivity index (χ0v) is 13.2. The molecule has 1 aromatic carbocycles. The van der Waals surface area contributed by atoms with Gasteiger partial charge in [-0.15, -0.1) is 12.4 Å². The average molecular weight is 320 g/mol. The molecule has 0 saturated heterocycles. The summed E-state index contributed by atoms with van der Waals surface area (Å²) in [6.07, 6.45) is 2.43. The molecular weight excluding hydrogens is 302 g/mol. The van der Waals surface area contributed by atoms with Crippen molar-refractivity contribution in [3.8, 4) is 22.7 Å². The van der Waals surface area contributed by atoms with E-state index in [-0.39, 0.29) is 12.4 Å². The smallest absolute Gasteiger partial charge is 0.261 e. The Balaban J connectivity index is 0.00000176. The van der Waals surface area contributed by atoms with Crippen molar-refractivity contribution in [1.29, 1.82) is 0 Å². The highest BCUT2D eigenvalue weighted by Gasteiger charge is 2.16. The Bertz CT molecular complexity index is 710. The van der Waals surface area contributed by atoms with E-state index < -0.39 is 0 Å². The fourth-order valence-corrected chi connectivity index (χ4v) is 2.10. The largest absolute Gasteiger partial charge is 0.334 e. The lowest BCUT2D eigenvalue weighted by Gasteiger charge is -2.04. The monoisotopic (exact) mass is 319 g/mol. The molecule has 116 valence electrons. The highest BCUT2D eigenvalue weighted by atomic mass is 35.5. The Morgan fingerprint density at radius 3 is 2.77 bits per heavy atom. The van der Waals surface area contributed by atoms with E-state index in [4.69, 9.17) is 4.52 Å². The molecular formula is C15H18ClN5O. The van der Waals surface area contributed by atoms with Crippen LogP contribution in [0.1, 0.15) is 12.7 Å². The number of aromatic amines is 1. The summed E-state index contributed by atoms with van der Waals surface area (Å²) >= 11 is 0. The summed E-state index contributed by atoms with van der Waals surface area (Å²) in [4.78, 5) is 4.45. The summed E-state index contributed by atoms with van der Waals surface area (Å²) in [6.45, 7) is 2.07. The Hall–Kier alpha value is -2.18. The molecule has 0 fully saturated rings. The minimum Gasteiger partial charge on any atom is -0.334 e. The maximum absolute atomic E-state index is 5.37. The Morgan fingerprint density at radius 1 is 1.27 bits per heavy atom. The van der Waals surface area contributed by atoms with Crippen molar-refractivity contribution in [3.63, 3.8) is 0 Å². The van der Waals surface area contributed by atoms with Crippen LogP contribution in [-0.4, -0.2) is 33.4 Å². The van der Waals surface area contributed by atoms with Crippen LogP contribution in [-0.2, 0) is 6.42 Å². The van der Waals surface area contributed by atoms with Gasteiger partial charge in [-0.05, 0) is 14.0 Å². The molecule has 0 radical (unpaired) electrons. The third-order valence-electron chi connectivity index (χ3n) is 3.38. The lowest BCUT2D eigenvalue weighted by molar-refractivity contribution is 0.418. The van der Waals surface area contributed by atoms with Gasteiger partial charge >= 0.3 is 0 Å². The van der Waals surface area contributed by atoms with Gasteiger partial charge in [0.1, 0.15) is 0 Å². The van der Waals surface area contributed by atoms with Crippen molar-refractivity contribution >= 4 is 12.4 Å². The maximum Gasteiger partial charge on any atom is 0.261 e. The van der Waals surface area contributed by atoms with Crippen molar-refractivity contribution in [3.05, 3.63) is 42.4 Å². The number of nitrogens with zero attached hydrogens (tertiary/aromatic N) is 3. The minimum absolute atomic E-state index is 0. The van der Waals surface area contributed by atoms with Gasteiger partial charge in [-0.1, -0.05) is 35.5 Å². The molecule has 3 aromatic rings. The van der Waals surface area contributed by atoms with E-state index in [1.165, 1.54) is 0 Å². The topological polar surface area (TPSA) is 79.6 Å². The zero-order valence-electron chi connectivity index (χ0n) is 12.4. The number of rotatable bonds is 5. The van der Waals surface area contributed by atoms with E-state index in [0.717, 1.165) is 23.2 Å². The minimum atomic E-state index is 0. The summed E-state index contributed by atoms with van der Waals surface area (Å²) in [5.74, 6) is 1.17. The fraction of sp³-hybridized carbons (Fsp3) is 0.267. The predicted molar refractivity (Wildman–Crippen MR) is 86.8 cm³/mol. The zero-order chi connectivity index (χ0) is 14.7. The molecule has 1 unspecified atom stereocenters. The summed E-state index contributed by atoms with van der Waals surface area (Å²) in [5, 5.41) is 14.3. The van der Waals surface area contributed by atoms with Gasteiger partial charge in [-0.25, -0.2) is 0 Å². The lowest BCUT2D eigenvalue weighted by atomic mass is 10.1. The van der Waals surface area contributed by atoms with Crippen LogP contribution in [0.3, 0.4) is 0 Å². The third-order valence-corrected chi connectivity index (χ3v) is 3.38. The van der Waals surface area contributed by atoms with E-state index in [1.807, 2.05) is 37.4 Å². The summed E-state index contributed by atoms with van der Waals surface area (Å²) in [5.41, 5.74) is 2.73. The number of likely N-dealkylation sites (N-methyl/N-ethyl adjacent to an activating group) is 1. The molecule has 0 aliphatic heterocycles. The molecule has 22 heavy (non-hydrogen) atoms. The molecule has 0 spiro atoms. The standard InChI is InChI=1S/C15H17N5O.ClH/c1-10(16-2)8-13-18-15(21-20-13)12-9-17-19-14(12)11-6-4-3-5-7-11;/h3-7,9-10,16H,8H2,1-2H3,(H,17,19);1H. The second-order valence-corrected chi connectivity index (χ2v) is 4.93. The number of H-pyrrole nitrogens is 1. The molecule has 2 N–H and O–H groups in total. The summed E-state index contributed by atoms with van der Waals surface area (Å²) in [7, 11) is 1.91. The second kappa shape index (κ2) is 7.20. The number of hydrogen-bond donors (Lipinski definition) is 2. The molecule has 2 heterocycles. The predicted octanol–water partition coefficient (Wildman–Crippen LogP) is 2.70. The molecule has 0 aliphatic carbocycles. The van der Waals surface area contributed by atoms with Crippen LogP contribution in [0.15, 0.2) is 41.1 Å². The highest BCUT2D eigenvalue weighted by molar-refractivity contribution is 5.85. The first kappa shape index (κ1) is 16.2. The maximum atomic E-state index is 5.37. The van der Waals surface area contributed by atoms with Gasteiger partial charge in [-0.2, -0.15) is 10.1 Å². The lowest BCUT2D eigenvalue weighted by Crippen LogP contribution is -2.24. The molecule has 0 aliphatic rings. The number of nitrogens with one attached hydrogen (secondary N) is 2. The number of aromatic nitrogens is 4. The Kier molecular flexibility index (Phi) is 5.30. The first-order chi connectivity index (χ1) is 10.3. The molecule has 0 amide bonds. The molecule has 0 bridgehead atoms. The van der Waals surface area contributed by atoms with Gasteiger partial charge in [0.2, 0.25) is 0 Å². The van der Waals surface area contributed by atoms with E-state index in [9.17, 15) is 0 Å². The van der Waals surface area contributed by atoms with Gasteiger partial charge in [0.15, 0.2) is 5.82 Å². The van der Waals surface area contributed by atoms with Crippen molar-refractivity contribution in [2.24, 2.45) is 0 Å². The van der Waals surface area contributed by atoms with E-state index in [2.05, 4.69) is 32.6 Å². The van der Waals surface area contributed by atoms with Crippen LogP contribution in [0.2, 0.25) is 0 Å². The third kappa shape index (κ3) is 3.35. The van der Waals surface area contributed by atoms with Crippen LogP contribution in [0.5, 0.6) is 0 Å². The average Bonchev–Trinajstić information content (AvgIpc) is 3.16. The summed E-state index contributed by atoms with van der Waals surface area (Å²) < 4.78 is 5.37. The molecule has 6 nitrogen and oxygen atoms in total. The fourth-order valence-electron chi connectivity index (χ4n) is 2.10. The SMILES string of the molecule is CNC(C)Cc1noc(-c2cn[nH]c2-c2ccccc2)n1.Cl. The Morgan fingerprint density at radius 2 is 2.05 bits per heavy atom. The van der Waals surface area contributed by atoms with Crippen LogP contribution >= 0.6 is 12.4 Å². The van der Waals surface area contributed by atoms with E-state index in [0.29, 0.717) is 17.8 Å². The van der Waals surface area contributed by atoms with Crippen LogP contribution in [0.25, 0.3) is 22.7 Å². The van der Waals surface area contributed by atoms with Gasteiger partial charge in [0.25, 0.3) is 5.89 Å². The second-order valence-electron chi connectivity index (χ2n) is 4.93. The van der Waals surface area contributed by atoms with E-state index >= 15 is 0 Å². The van der Waals surface area contributed by atoms with Crippen molar-refractivity contribution in [1.82, 2.24) is 25.7 Å². The van der Waals surface area contributed by atoms with Gasteiger partial charge in [-0.3, -0.25) is 5.10 Å².